The summed E-state index contributed by atoms with van der Waals surface area (Å²) < 4.78 is 5.88. The molecule has 4 rings (SSSR count). The van der Waals surface area contributed by atoms with Crippen LogP contribution in [0.25, 0.3) is 11.1 Å². The van der Waals surface area contributed by atoms with Gasteiger partial charge < -0.3 is 20.2 Å². The minimum Gasteiger partial charge on any atom is -0.478 e. The van der Waals surface area contributed by atoms with Crippen molar-refractivity contribution in [2.75, 3.05) is 6.54 Å². The van der Waals surface area contributed by atoms with Crippen LogP contribution in [0.2, 0.25) is 0 Å². The zero-order valence-corrected chi connectivity index (χ0v) is 14.4. The summed E-state index contributed by atoms with van der Waals surface area (Å²) in [5.41, 5.74) is 5.12. The molecule has 2 aromatic rings. The summed E-state index contributed by atoms with van der Waals surface area (Å²) in [4.78, 5) is 15.5. The number of carbonyl (C=O) groups is 1. The number of aromatic nitrogens is 1. The van der Waals surface area contributed by atoms with Crippen molar-refractivity contribution in [1.29, 1.82) is 0 Å². The van der Waals surface area contributed by atoms with Gasteiger partial charge in [-0.05, 0) is 42.3 Å². The molecule has 6 heteroatoms. The molecule has 0 radical (unpaired) electrons. The Kier molecular flexibility index (Phi) is 4.18. The molecule has 2 aliphatic heterocycles. The van der Waals surface area contributed by atoms with E-state index >= 15 is 0 Å². The van der Waals surface area contributed by atoms with Gasteiger partial charge in [-0.2, -0.15) is 0 Å². The monoisotopic (exact) mass is 349 g/mol. The predicted octanol–water partition coefficient (Wildman–Crippen LogP) is 2.95. The zero-order chi connectivity index (χ0) is 18.1. The first kappa shape index (κ1) is 16.4. The molecule has 0 spiro atoms. The van der Waals surface area contributed by atoms with Crippen molar-refractivity contribution in [1.82, 2.24) is 15.6 Å². The number of oxazole rings is 1. The van der Waals surface area contributed by atoms with Crippen LogP contribution >= 0.6 is 0 Å². The molecule has 0 aliphatic carbocycles. The van der Waals surface area contributed by atoms with Crippen LogP contribution in [0.1, 0.15) is 40.2 Å². The number of aromatic carboxylic acids is 1. The Hall–Kier alpha value is -3.12. The smallest absolute Gasteiger partial charge is 0.335 e. The van der Waals surface area contributed by atoms with Crippen molar-refractivity contribution in [3.8, 4) is 0 Å². The second-order valence-electron chi connectivity index (χ2n) is 6.31. The number of carboxylic acids is 1. The highest BCUT2D eigenvalue weighted by Gasteiger charge is 2.19. The van der Waals surface area contributed by atoms with Gasteiger partial charge in [0.1, 0.15) is 5.76 Å². The van der Waals surface area contributed by atoms with Gasteiger partial charge in [0.2, 0.25) is 5.89 Å². The van der Waals surface area contributed by atoms with Crippen molar-refractivity contribution in [3.63, 3.8) is 0 Å². The van der Waals surface area contributed by atoms with Crippen molar-refractivity contribution in [2.24, 2.45) is 0 Å². The highest BCUT2D eigenvalue weighted by atomic mass is 16.4. The number of rotatable bonds is 3. The number of nitrogens with one attached hydrogen (secondary N) is 2. The Morgan fingerprint density at radius 3 is 2.62 bits per heavy atom. The minimum atomic E-state index is -0.922. The molecule has 0 saturated carbocycles. The van der Waals surface area contributed by atoms with Crippen molar-refractivity contribution < 1.29 is 14.3 Å². The molecule has 2 aliphatic rings. The predicted molar refractivity (Wildman–Crippen MR) is 98.2 cm³/mol. The van der Waals surface area contributed by atoms with E-state index in [4.69, 9.17) is 9.52 Å². The van der Waals surface area contributed by atoms with Gasteiger partial charge in [0.25, 0.3) is 0 Å². The van der Waals surface area contributed by atoms with Crippen molar-refractivity contribution in [2.45, 2.75) is 19.9 Å². The van der Waals surface area contributed by atoms with Crippen LogP contribution in [0.4, 0.5) is 0 Å². The molecule has 6 nitrogen and oxygen atoms in total. The third kappa shape index (κ3) is 3.07. The molecular formula is C20H19N3O3. The van der Waals surface area contributed by atoms with Crippen molar-refractivity contribution >= 4 is 17.1 Å². The summed E-state index contributed by atoms with van der Waals surface area (Å²) in [6.07, 6.45) is 6.71. The van der Waals surface area contributed by atoms with E-state index in [0.717, 1.165) is 53.4 Å². The van der Waals surface area contributed by atoms with E-state index in [9.17, 15) is 4.79 Å². The van der Waals surface area contributed by atoms with Gasteiger partial charge in [-0.3, -0.25) is 0 Å². The molecule has 0 fully saturated rings. The number of hydrogen-bond donors (Lipinski definition) is 3. The Morgan fingerprint density at radius 2 is 1.96 bits per heavy atom. The normalized spacial score (nSPS) is 18.0. The lowest BCUT2D eigenvalue weighted by Gasteiger charge is -2.13. The lowest BCUT2D eigenvalue weighted by molar-refractivity contribution is 0.0697. The highest BCUT2D eigenvalue weighted by Crippen LogP contribution is 2.26. The van der Waals surface area contributed by atoms with E-state index in [1.165, 1.54) is 0 Å². The van der Waals surface area contributed by atoms with Crippen molar-refractivity contribution in [3.05, 3.63) is 76.8 Å². The lowest BCUT2D eigenvalue weighted by atomic mass is 10.0. The first-order chi connectivity index (χ1) is 12.6. The summed E-state index contributed by atoms with van der Waals surface area (Å²) >= 11 is 0. The van der Waals surface area contributed by atoms with Crippen LogP contribution < -0.4 is 10.6 Å². The van der Waals surface area contributed by atoms with E-state index in [-0.39, 0.29) is 5.56 Å². The van der Waals surface area contributed by atoms with Gasteiger partial charge >= 0.3 is 5.97 Å². The molecule has 0 atom stereocenters. The Bertz CT molecular complexity index is 926. The summed E-state index contributed by atoms with van der Waals surface area (Å²) in [5, 5.41) is 15.6. The Balaban J connectivity index is 1.54. The SMILES string of the molecule is C/C(=C1/C=CC(c2nc3c(o2)CCNC3)=CN1)c1ccc(C(=O)O)cc1. The third-order valence-corrected chi connectivity index (χ3v) is 4.63. The minimum absolute atomic E-state index is 0.281. The largest absolute Gasteiger partial charge is 0.478 e. The zero-order valence-electron chi connectivity index (χ0n) is 14.4. The number of hydrogen-bond acceptors (Lipinski definition) is 5. The highest BCUT2D eigenvalue weighted by molar-refractivity contribution is 5.88. The molecular weight excluding hydrogens is 330 g/mol. The summed E-state index contributed by atoms with van der Waals surface area (Å²) in [6, 6.07) is 6.85. The second kappa shape index (κ2) is 6.65. The molecule has 132 valence electrons. The summed E-state index contributed by atoms with van der Waals surface area (Å²) in [7, 11) is 0. The lowest BCUT2D eigenvalue weighted by Crippen LogP contribution is -2.22. The first-order valence-corrected chi connectivity index (χ1v) is 8.51. The van der Waals surface area contributed by atoms with Crippen LogP contribution in [0.3, 0.4) is 0 Å². The standard InChI is InChI=1S/C20H19N3O3/c1-12(13-2-4-14(5-3-13)20(24)25)16-7-6-15(10-22-16)19-23-17-11-21-9-8-18(17)26-19/h2-7,10,21-22H,8-9,11H2,1H3,(H,24,25)/b16-12+. The molecule has 26 heavy (non-hydrogen) atoms. The van der Waals surface area contributed by atoms with Crippen LogP contribution in [0, 0.1) is 0 Å². The maximum absolute atomic E-state index is 11.0. The second-order valence-corrected chi connectivity index (χ2v) is 6.31. The maximum Gasteiger partial charge on any atom is 0.335 e. The molecule has 3 heterocycles. The maximum atomic E-state index is 11.0. The van der Waals surface area contributed by atoms with Gasteiger partial charge in [-0.15, -0.1) is 0 Å². The Morgan fingerprint density at radius 1 is 1.19 bits per heavy atom. The van der Waals surface area contributed by atoms with Gasteiger partial charge in [0.15, 0.2) is 0 Å². The Labute approximate surface area is 150 Å². The topological polar surface area (TPSA) is 87.4 Å². The number of fused-ring (bicyclic) bond motifs is 1. The van der Waals surface area contributed by atoms with E-state index in [2.05, 4.69) is 15.6 Å². The third-order valence-electron chi connectivity index (χ3n) is 4.63. The van der Waals surface area contributed by atoms with Crippen LogP contribution in [-0.2, 0) is 13.0 Å². The van der Waals surface area contributed by atoms with Gasteiger partial charge in [0, 0.05) is 31.4 Å². The van der Waals surface area contributed by atoms with Crippen LogP contribution in [-0.4, -0.2) is 22.6 Å². The average molecular weight is 349 g/mol. The van der Waals surface area contributed by atoms with E-state index < -0.39 is 5.97 Å². The number of nitrogens with zero attached hydrogens (tertiary/aromatic N) is 1. The molecule has 1 aromatic carbocycles. The molecule has 0 unspecified atom stereocenters. The number of allylic oxidation sites excluding steroid dienone is 4. The number of carboxylic acid groups (broad SMARTS) is 1. The van der Waals surface area contributed by atoms with E-state index in [0.29, 0.717) is 5.89 Å². The first-order valence-electron chi connectivity index (χ1n) is 8.51. The fraction of sp³-hybridized carbons (Fsp3) is 0.200. The van der Waals surface area contributed by atoms with Gasteiger partial charge in [-0.1, -0.05) is 12.1 Å². The molecule has 0 bridgehead atoms. The number of benzene rings is 1. The summed E-state index contributed by atoms with van der Waals surface area (Å²) in [5.74, 6) is 0.669. The van der Waals surface area contributed by atoms with Gasteiger partial charge in [-0.25, -0.2) is 9.78 Å². The average Bonchev–Trinajstić information content (AvgIpc) is 3.12. The summed E-state index contributed by atoms with van der Waals surface area (Å²) in [6.45, 7) is 3.66. The molecule has 3 N–H and O–H groups in total. The molecule has 0 amide bonds. The molecule has 0 saturated heterocycles. The fourth-order valence-corrected chi connectivity index (χ4v) is 3.06. The van der Waals surface area contributed by atoms with Crippen LogP contribution in [0.15, 0.2) is 52.7 Å². The van der Waals surface area contributed by atoms with Crippen LogP contribution in [0.5, 0.6) is 0 Å². The molecule has 1 aromatic heterocycles. The quantitative estimate of drug-likeness (QED) is 0.790. The van der Waals surface area contributed by atoms with E-state index in [1.807, 2.05) is 37.4 Å². The van der Waals surface area contributed by atoms with Gasteiger partial charge in [0.05, 0.1) is 16.8 Å². The fourth-order valence-electron chi connectivity index (χ4n) is 3.06. The number of dihydropyridines is 1. The van der Waals surface area contributed by atoms with E-state index in [1.54, 1.807) is 12.1 Å².